The third kappa shape index (κ3) is 5.55. The van der Waals surface area contributed by atoms with Gasteiger partial charge in [-0.2, -0.15) is 0 Å². The summed E-state index contributed by atoms with van der Waals surface area (Å²) < 4.78 is 5.60. The maximum Gasteiger partial charge on any atom is 0.260 e. The van der Waals surface area contributed by atoms with Crippen LogP contribution in [0.5, 0.6) is 5.75 Å². The van der Waals surface area contributed by atoms with Crippen LogP contribution in [-0.4, -0.2) is 54.4 Å². The molecule has 1 aromatic carbocycles. The first-order chi connectivity index (χ1) is 11.6. The summed E-state index contributed by atoms with van der Waals surface area (Å²) in [6, 6.07) is 7.69. The van der Waals surface area contributed by atoms with E-state index >= 15 is 0 Å². The van der Waals surface area contributed by atoms with Gasteiger partial charge >= 0.3 is 0 Å². The normalized spacial score (nSPS) is 15.1. The number of amides is 2. The van der Waals surface area contributed by atoms with Crippen LogP contribution in [0, 0.1) is 6.92 Å². The van der Waals surface area contributed by atoms with Gasteiger partial charge in [0.1, 0.15) is 5.75 Å². The molecule has 1 aromatic rings. The highest BCUT2D eigenvalue weighted by Gasteiger charge is 2.21. The van der Waals surface area contributed by atoms with Crippen molar-refractivity contribution < 1.29 is 14.3 Å². The SMILES string of the molecule is CCCCC(=O)N1CCCN(C(=O)COc2cccc(C)c2)CC1. The van der Waals surface area contributed by atoms with Crippen molar-refractivity contribution in [3.63, 3.8) is 0 Å². The summed E-state index contributed by atoms with van der Waals surface area (Å²) in [7, 11) is 0. The van der Waals surface area contributed by atoms with Crippen molar-refractivity contribution in [3.8, 4) is 5.75 Å². The van der Waals surface area contributed by atoms with Crippen LogP contribution < -0.4 is 4.74 Å². The maximum absolute atomic E-state index is 12.4. The van der Waals surface area contributed by atoms with E-state index in [1.54, 1.807) is 0 Å². The Morgan fingerprint density at radius 1 is 1.08 bits per heavy atom. The molecule has 5 nitrogen and oxygen atoms in total. The highest BCUT2D eigenvalue weighted by Crippen LogP contribution is 2.13. The molecule has 0 saturated carbocycles. The lowest BCUT2D eigenvalue weighted by atomic mass is 10.2. The van der Waals surface area contributed by atoms with Gasteiger partial charge in [0.2, 0.25) is 5.91 Å². The molecule has 132 valence electrons. The first-order valence-corrected chi connectivity index (χ1v) is 8.85. The number of hydrogen-bond donors (Lipinski definition) is 0. The minimum Gasteiger partial charge on any atom is -0.484 e. The van der Waals surface area contributed by atoms with Gasteiger partial charge in [0.05, 0.1) is 0 Å². The summed E-state index contributed by atoms with van der Waals surface area (Å²) >= 11 is 0. The predicted octanol–water partition coefficient (Wildman–Crippen LogP) is 2.62. The lowest BCUT2D eigenvalue weighted by molar-refractivity contribution is -0.134. The number of aryl methyl sites for hydroxylation is 1. The van der Waals surface area contributed by atoms with Gasteiger partial charge in [0.15, 0.2) is 6.61 Å². The van der Waals surface area contributed by atoms with Crippen molar-refractivity contribution in [2.24, 2.45) is 0 Å². The molecular weight excluding hydrogens is 304 g/mol. The van der Waals surface area contributed by atoms with Gasteiger partial charge in [-0.05, 0) is 37.5 Å². The van der Waals surface area contributed by atoms with Crippen LogP contribution >= 0.6 is 0 Å². The molecule has 24 heavy (non-hydrogen) atoms. The second-order valence-corrected chi connectivity index (χ2v) is 6.32. The van der Waals surface area contributed by atoms with Crippen LogP contribution in [0.15, 0.2) is 24.3 Å². The lowest BCUT2D eigenvalue weighted by Gasteiger charge is -2.22. The Labute approximate surface area is 144 Å². The van der Waals surface area contributed by atoms with Crippen LogP contribution in [0.3, 0.4) is 0 Å². The second-order valence-electron chi connectivity index (χ2n) is 6.32. The fourth-order valence-electron chi connectivity index (χ4n) is 2.84. The van der Waals surface area contributed by atoms with E-state index in [-0.39, 0.29) is 18.4 Å². The Morgan fingerprint density at radius 2 is 1.79 bits per heavy atom. The molecule has 0 N–H and O–H groups in total. The first kappa shape index (κ1) is 18.3. The molecule has 0 aromatic heterocycles. The highest BCUT2D eigenvalue weighted by molar-refractivity contribution is 5.78. The van der Waals surface area contributed by atoms with E-state index in [1.165, 1.54) is 0 Å². The number of rotatable bonds is 6. The Balaban J connectivity index is 1.80. The van der Waals surface area contributed by atoms with E-state index in [1.807, 2.05) is 41.0 Å². The molecule has 0 atom stereocenters. The van der Waals surface area contributed by atoms with Crippen LogP contribution in [0.25, 0.3) is 0 Å². The third-order valence-corrected chi connectivity index (χ3v) is 4.30. The van der Waals surface area contributed by atoms with E-state index in [4.69, 9.17) is 4.74 Å². The molecule has 2 amide bonds. The largest absolute Gasteiger partial charge is 0.484 e. The minimum absolute atomic E-state index is 0.0145. The number of hydrogen-bond acceptors (Lipinski definition) is 3. The summed E-state index contributed by atoms with van der Waals surface area (Å²) in [5.74, 6) is 0.913. The quantitative estimate of drug-likeness (QED) is 0.805. The fraction of sp³-hybridized carbons (Fsp3) is 0.579. The maximum atomic E-state index is 12.4. The van der Waals surface area contributed by atoms with Gasteiger partial charge < -0.3 is 14.5 Å². The number of carbonyl (C=O) groups is 2. The van der Waals surface area contributed by atoms with Crippen LogP contribution in [0.2, 0.25) is 0 Å². The number of unbranched alkanes of at least 4 members (excludes halogenated alkanes) is 1. The van der Waals surface area contributed by atoms with Gasteiger partial charge in [0, 0.05) is 32.6 Å². The van der Waals surface area contributed by atoms with Crippen LogP contribution in [0.1, 0.15) is 38.2 Å². The molecule has 1 fully saturated rings. The van der Waals surface area contributed by atoms with Crippen LogP contribution in [0.4, 0.5) is 0 Å². The van der Waals surface area contributed by atoms with Crippen molar-refractivity contribution in [3.05, 3.63) is 29.8 Å². The molecule has 1 saturated heterocycles. The smallest absolute Gasteiger partial charge is 0.260 e. The van der Waals surface area contributed by atoms with Gasteiger partial charge in [-0.1, -0.05) is 25.5 Å². The lowest BCUT2D eigenvalue weighted by Crippen LogP contribution is -2.39. The molecule has 5 heteroatoms. The zero-order valence-electron chi connectivity index (χ0n) is 14.8. The summed E-state index contributed by atoms with van der Waals surface area (Å²) in [4.78, 5) is 28.2. The third-order valence-electron chi connectivity index (χ3n) is 4.30. The van der Waals surface area contributed by atoms with E-state index < -0.39 is 0 Å². The number of nitrogens with zero attached hydrogens (tertiary/aromatic N) is 2. The highest BCUT2D eigenvalue weighted by atomic mass is 16.5. The molecule has 0 radical (unpaired) electrons. The minimum atomic E-state index is -0.0145. The molecule has 0 unspecified atom stereocenters. The average Bonchev–Trinajstić information content (AvgIpc) is 2.84. The molecular formula is C19H28N2O3. The summed E-state index contributed by atoms with van der Waals surface area (Å²) in [5.41, 5.74) is 1.11. The molecule has 0 spiro atoms. The summed E-state index contributed by atoms with van der Waals surface area (Å²) in [6.07, 6.45) is 3.40. The van der Waals surface area contributed by atoms with E-state index in [2.05, 4.69) is 6.92 Å². The zero-order chi connectivity index (χ0) is 17.4. The topological polar surface area (TPSA) is 49.9 Å². The molecule has 1 aliphatic heterocycles. The first-order valence-electron chi connectivity index (χ1n) is 8.85. The average molecular weight is 332 g/mol. The Kier molecular flexibility index (Phi) is 7.09. The van der Waals surface area contributed by atoms with Gasteiger partial charge in [-0.25, -0.2) is 0 Å². The van der Waals surface area contributed by atoms with E-state index in [9.17, 15) is 9.59 Å². The number of benzene rings is 1. The molecule has 2 rings (SSSR count). The monoisotopic (exact) mass is 332 g/mol. The number of carbonyl (C=O) groups excluding carboxylic acids is 2. The van der Waals surface area contributed by atoms with Crippen molar-refractivity contribution in [2.75, 3.05) is 32.8 Å². The fourth-order valence-corrected chi connectivity index (χ4v) is 2.84. The van der Waals surface area contributed by atoms with E-state index in [0.717, 1.165) is 37.1 Å². The Hall–Kier alpha value is -2.04. The molecule has 0 aliphatic carbocycles. The molecule has 1 aliphatic rings. The van der Waals surface area contributed by atoms with Crippen molar-refractivity contribution in [1.82, 2.24) is 9.80 Å². The summed E-state index contributed by atoms with van der Waals surface area (Å²) in [5, 5.41) is 0. The van der Waals surface area contributed by atoms with Crippen molar-refractivity contribution >= 4 is 11.8 Å². The Bertz CT molecular complexity index is 559. The zero-order valence-corrected chi connectivity index (χ0v) is 14.8. The molecule has 0 bridgehead atoms. The van der Waals surface area contributed by atoms with E-state index in [0.29, 0.717) is 26.1 Å². The standard InChI is InChI=1S/C19H28N2O3/c1-3-4-9-18(22)20-10-6-11-21(13-12-20)19(23)15-24-17-8-5-7-16(2)14-17/h5,7-8,14H,3-4,6,9-13,15H2,1-2H3. The van der Waals surface area contributed by atoms with Gasteiger partial charge in [-0.15, -0.1) is 0 Å². The van der Waals surface area contributed by atoms with Gasteiger partial charge in [0.25, 0.3) is 5.91 Å². The second kappa shape index (κ2) is 9.30. The summed E-state index contributed by atoms with van der Waals surface area (Å²) in [6.45, 7) is 6.77. The number of ether oxygens (including phenoxy) is 1. The van der Waals surface area contributed by atoms with Crippen LogP contribution in [-0.2, 0) is 9.59 Å². The van der Waals surface area contributed by atoms with Crippen molar-refractivity contribution in [1.29, 1.82) is 0 Å². The van der Waals surface area contributed by atoms with Crippen molar-refractivity contribution in [2.45, 2.75) is 39.5 Å². The Morgan fingerprint density at radius 3 is 2.46 bits per heavy atom. The predicted molar refractivity (Wildman–Crippen MR) is 94.0 cm³/mol. The van der Waals surface area contributed by atoms with Gasteiger partial charge in [-0.3, -0.25) is 9.59 Å². The molecule has 1 heterocycles.